The van der Waals surface area contributed by atoms with Gasteiger partial charge in [0.15, 0.2) is 0 Å². The molecule has 29 heavy (non-hydrogen) atoms. The molecule has 7 heteroatoms. The molecule has 0 fully saturated rings. The predicted octanol–water partition coefficient (Wildman–Crippen LogP) is 4.61. The van der Waals surface area contributed by atoms with Crippen LogP contribution in [0.3, 0.4) is 0 Å². The topological polar surface area (TPSA) is 74.8 Å². The van der Waals surface area contributed by atoms with Crippen LogP contribution in [0, 0.1) is 6.92 Å². The first-order valence-electron chi connectivity index (χ1n) is 10.1. The van der Waals surface area contributed by atoms with Crippen molar-refractivity contribution in [2.75, 3.05) is 11.1 Å². The summed E-state index contributed by atoms with van der Waals surface area (Å²) >= 11 is 3.28. The van der Waals surface area contributed by atoms with Crippen molar-refractivity contribution in [1.82, 2.24) is 9.97 Å². The molecular weight excluding hydrogens is 402 g/mol. The first-order valence-corrected chi connectivity index (χ1v) is 12.0. The molecule has 0 atom stereocenters. The second kappa shape index (κ2) is 8.71. The molecule has 1 aromatic carbocycles. The minimum absolute atomic E-state index is 0.0191. The minimum atomic E-state index is -0.0191. The third kappa shape index (κ3) is 4.26. The van der Waals surface area contributed by atoms with Crippen molar-refractivity contribution < 1.29 is 4.79 Å². The van der Waals surface area contributed by atoms with Gasteiger partial charge in [0.25, 0.3) is 5.56 Å². The van der Waals surface area contributed by atoms with E-state index in [1.54, 1.807) is 23.1 Å². The van der Waals surface area contributed by atoms with E-state index in [4.69, 9.17) is 0 Å². The molecule has 0 bridgehead atoms. The van der Waals surface area contributed by atoms with E-state index >= 15 is 0 Å². The van der Waals surface area contributed by atoms with Crippen molar-refractivity contribution in [2.24, 2.45) is 0 Å². The summed E-state index contributed by atoms with van der Waals surface area (Å²) < 4.78 is 0. The molecule has 2 N–H and O–H groups in total. The van der Waals surface area contributed by atoms with E-state index in [0.717, 1.165) is 52.7 Å². The number of nitrogens with zero attached hydrogens (tertiary/aromatic N) is 1. The number of rotatable bonds is 7. The van der Waals surface area contributed by atoms with Gasteiger partial charge in [-0.1, -0.05) is 25.1 Å². The van der Waals surface area contributed by atoms with E-state index in [2.05, 4.69) is 28.3 Å². The number of carbonyl (C=O) groups excluding carboxylic acids is 1. The number of para-hydroxylation sites is 1. The van der Waals surface area contributed by atoms with Crippen molar-refractivity contribution in [3.8, 4) is 0 Å². The van der Waals surface area contributed by atoms with Crippen molar-refractivity contribution in [1.29, 1.82) is 0 Å². The molecule has 3 aromatic rings. The number of hydrogen-bond acceptors (Lipinski definition) is 5. The molecule has 1 aliphatic rings. The van der Waals surface area contributed by atoms with Crippen LogP contribution in [0.1, 0.15) is 47.2 Å². The molecule has 0 unspecified atom stereocenters. The Kier molecular flexibility index (Phi) is 6.06. The molecule has 152 valence electrons. The number of thiophene rings is 1. The van der Waals surface area contributed by atoms with Crippen LogP contribution in [0.25, 0.3) is 10.2 Å². The fraction of sp³-hybridized carbons (Fsp3) is 0.409. The summed E-state index contributed by atoms with van der Waals surface area (Å²) in [5, 5.41) is 3.85. The molecule has 2 aromatic heterocycles. The molecule has 0 saturated carbocycles. The highest BCUT2D eigenvalue weighted by atomic mass is 32.2. The van der Waals surface area contributed by atoms with Crippen LogP contribution in [0.5, 0.6) is 0 Å². The van der Waals surface area contributed by atoms with Gasteiger partial charge in [-0.2, -0.15) is 11.8 Å². The van der Waals surface area contributed by atoms with Crippen LogP contribution in [0.15, 0.2) is 23.0 Å². The fourth-order valence-electron chi connectivity index (χ4n) is 3.85. The second-order valence-corrected chi connectivity index (χ2v) is 9.55. The zero-order valence-electron chi connectivity index (χ0n) is 16.8. The van der Waals surface area contributed by atoms with E-state index in [9.17, 15) is 9.59 Å². The third-order valence-corrected chi connectivity index (χ3v) is 7.50. The number of carbonyl (C=O) groups is 1. The van der Waals surface area contributed by atoms with Crippen LogP contribution >= 0.6 is 23.1 Å². The zero-order chi connectivity index (χ0) is 20.4. The summed E-state index contributed by atoms with van der Waals surface area (Å²) in [6.45, 7) is 4.11. The number of aryl methyl sites for hydroxylation is 4. The molecular formula is C22H25N3O2S2. The summed E-state index contributed by atoms with van der Waals surface area (Å²) in [5.41, 5.74) is 4.37. The summed E-state index contributed by atoms with van der Waals surface area (Å²) in [4.78, 5) is 34.6. The van der Waals surface area contributed by atoms with Gasteiger partial charge in [-0.15, -0.1) is 11.3 Å². The van der Waals surface area contributed by atoms with Gasteiger partial charge in [0.2, 0.25) is 5.91 Å². The molecule has 0 saturated heterocycles. The average Bonchev–Trinajstić information content (AvgIpc) is 3.27. The molecule has 0 radical (unpaired) electrons. The number of aromatic amines is 1. The van der Waals surface area contributed by atoms with E-state index < -0.39 is 0 Å². The van der Waals surface area contributed by atoms with Crippen LogP contribution in [-0.4, -0.2) is 21.6 Å². The Bertz CT molecular complexity index is 1120. The van der Waals surface area contributed by atoms with Gasteiger partial charge < -0.3 is 10.3 Å². The Hall–Kier alpha value is -2.12. The highest BCUT2D eigenvalue weighted by Crippen LogP contribution is 2.34. The molecule has 2 heterocycles. The Morgan fingerprint density at radius 1 is 1.34 bits per heavy atom. The van der Waals surface area contributed by atoms with Gasteiger partial charge >= 0.3 is 0 Å². The number of anilines is 1. The number of fused-ring (bicyclic) bond motifs is 3. The van der Waals surface area contributed by atoms with Gasteiger partial charge in [0, 0.05) is 22.7 Å². The summed E-state index contributed by atoms with van der Waals surface area (Å²) in [5.74, 6) is 2.00. The number of benzene rings is 1. The summed E-state index contributed by atoms with van der Waals surface area (Å²) in [6.07, 6.45) is 4.51. The maximum atomic E-state index is 12.5. The largest absolute Gasteiger partial charge is 0.326 e. The molecule has 1 amide bonds. The maximum absolute atomic E-state index is 12.5. The quantitative estimate of drug-likeness (QED) is 0.540. The second-order valence-electron chi connectivity index (χ2n) is 7.36. The van der Waals surface area contributed by atoms with E-state index in [1.165, 1.54) is 10.4 Å². The lowest BCUT2D eigenvalue weighted by Crippen LogP contribution is -2.15. The highest BCUT2D eigenvalue weighted by Gasteiger charge is 2.21. The molecule has 0 spiro atoms. The smallest absolute Gasteiger partial charge is 0.259 e. The van der Waals surface area contributed by atoms with Crippen molar-refractivity contribution in [3.63, 3.8) is 0 Å². The van der Waals surface area contributed by atoms with Crippen molar-refractivity contribution in [2.45, 2.75) is 51.7 Å². The first-order chi connectivity index (χ1) is 14.1. The lowest BCUT2D eigenvalue weighted by molar-refractivity contribution is -0.115. The Labute approximate surface area is 178 Å². The van der Waals surface area contributed by atoms with Gasteiger partial charge in [-0.05, 0) is 49.3 Å². The maximum Gasteiger partial charge on any atom is 0.259 e. The number of nitrogens with one attached hydrogen (secondary N) is 2. The van der Waals surface area contributed by atoms with E-state index in [-0.39, 0.29) is 11.5 Å². The number of thioether (sulfide) groups is 1. The first kappa shape index (κ1) is 20.2. The SMILES string of the molecule is CCc1cccc(C)c1NC(=O)CCSCc1nc2sc3c(c2c(=O)[nH]1)CCC3. The van der Waals surface area contributed by atoms with Crippen LogP contribution in [-0.2, 0) is 29.8 Å². The van der Waals surface area contributed by atoms with Crippen molar-refractivity contribution >= 4 is 44.9 Å². The molecule has 4 rings (SSSR count). The van der Waals surface area contributed by atoms with E-state index in [0.29, 0.717) is 23.8 Å². The molecule has 1 aliphatic carbocycles. The minimum Gasteiger partial charge on any atom is -0.326 e. The zero-order valence-corrected chi connectivity index (χ0v) is 18.4. The van der Waals surface area contributed by atoms with E-state index in [1.807, 2.05) is 19.1 Å². The lowest BCUT2D eigenvalue weighted by Gasteiger charge is -2.12. The normalized spacial score (nSPS) is 13.0. The standard InChI is InChI=1S/C22H25N3O2S2/c1-3-14-7-4-6-13(2)20(14)25-18(26)10-11-28-12-17-23-21(27)19-15-8-5-9-16(15)29-22(19)24-17/h4,6-7H,3,5,8-12H2,1-2H3,(H,25,26)(H,23,24,27). The highest BCUT2D eigenvalue weighted by molar-refractivity contribution is 7.98. The Morgan fingerprint density at radius 3 is 3.03 bits per heavy atom. The third-order valence-electron chi connectivity index (χ3n) is 5.34. The summed E-state index contributed by atoms with van der Waals surface area (Å²) in [7, 11) is 0. The van der Waals surface area contributed by atoms with Crippen LogP contribution in [0.4, 0.5) is 5.69 Å². The Morgan fingerprint density at radius 2 is 2.21 bits per heavy atom. The van der Waals surface area contributed by atoms with Gasteiger partial charge in [0.1, 0.15) is 10.7 Å². The fourth-order valence-corrected chi connectivity index (χ4v) is 5.94. The molecule has 5 nitrogen and oxygen atoms in total. The number of H-pyrrole nitrogens is 1. The van der Waals surface area contributed by atoms with Gasteiger partial charge in [-0.25, -0.2) is 4.98 Å². The van der Waals surface area contributed by atoms with Crippen LogP contribution < -0.4 is 10.9 Å². The number of amides is 1. The lowest BCUT2D eigenvalue weighted by atomic mass is 10.1. The van der Waals surface area contributed by atoms with Gasteiger partial charge in [-0.3, -0.25) is 9.59 Å². The van der Waals surface area contributed by atoms with Gasteiger partial charge in [0.05, 0.1) is 11.1 Å². The van der Waals surface area contributed by atoms with Crippen molar-refractivity contribution in [3.05, 3.63) is 55.9 Å². The number of aromatic nitrogens is 2. The summed E-state index contributed by atoms with van der Waals surface area (Å²) in [6, 6.07) is 6.09. The monoisotopic (exact) mass is 427 g/mol. The molecule has 0 aliphatic heterocycles. The average molecular weight is 428 g/mol. The number of hydrogen-bond donors (Lipinski definition) is 2. The Balaban J connectivity index is 1.33. The van der Waals surface area contributed by atoms with Crippen LogP contribution in [0.2, 0.25) is 0 Å². The predicted molar refractivity (Wildman–Crippen MR) is 122 cm³/mol.